The highest BCUT2D eigenvalue weighted by molar-refractivity contribution is 5.94. The number of benzene rings is 1. The Balaban J connectivity index is 2.25. The number of rotatable bonds is 1. The lowest BCUT2D eigenvalue weighted by atomic mass is 9.86. The third-order valence-electron chi connectivity index (χ3n) is 3.43. The van der Waals surface area contributed by atoms with Gasteiger partial charge in [0.1, 0.15) is 17.5 Å². The molecule has 1 aromatic carbocycles. The first-order valence-corrected chi connectivity index (χ1v) is 5.87. The summed E-state index contributed by atoms with van der Waals surface area (Å²) in [6, 6.07) is 5.49. The van der Waals surface area contributed by atoms with Gasteiger partial charge in [-0.15, -0.1) is 0 Å². The van der Waals surface area contributed by atoms with E-state index in [-0.39, 0.29) is 12.2 Å². The van der Waals surface area contributed by atoms with Gasteiger partial charge in [-0.3, -0.25) is 4.79 Å². The Labute approximate surface area is 109 Å². The van der Waals surface area contributed by atoms with E-state index in [9.17, 15) is 9.90 Å². The minimum Gasteiger partial charge on any atom is -0.511 e. The lowest BCUT2D eigenvalue weighted by molar-refractivity contribution is -0.141. The van der Waals surface area contributed by atoms with Gasteiger partial charge in [-0.05, 0) is 35.1 Å². The number of nitrogens with two attached hydrogens (primary N) is 1. The van der Waals surface area contributed by atoms with Crippen LogP contribution in [-0.4, -0.2) is 21.2 Å². The number of carbonyl (C=O) groups is 1. The largest absolute Gasteiger partial charge is 0.511 e. The summed E-state index contributed by atoms with van der Waals surface area (Å²) in [6.45, 7) is 0. The number of aliphatic hydroxyl groups is 1. The SMILES string of the molecule is Nc1cc2c3c(ccc2cn1)CC(C(=O)O)C(O)=C3. The van der Waals surface area contributed by atoms with E-state index in [0.29, 0.717) is 5.82 Å². The van der Waals surface area contributed by atoms with Crippen molar-refractivity contribution < 1.29 is 15.0 Å². The lowest BCUT2D eigenvalue weighted by Crippen LogP contribution is -2.22. The van der Waals surface area contributed by atoms with E-state index in [1.165, 1.54) is 6.08 Å². The average Bonchev–Trinajstić information content (AvgIpc) is 2.37. The molecule has 0 fully saturated rings. The van der Waals surface area contributed by atoms with Crippen molar-refractivity contribution in [3.8, 4) is 0 Å². The zero-order valence-corrected chi connectivity index (χ0v) is 10.00. The Morgan fingerprint density at radius 1 is 1.42 bits per heavy atom. The lowest BCUT2D eigenvalue weighted by Gasteiger charge is -2.20. The predicted octanol–water partition coefficient (Wildman–Crippen LogP) is 1.97. The summed E-state index contributed by atoms with van der Waals surface area (Å²) in [5, 5.41) is 20.7. The third kappa shape index (κ3) is 1.79. The minimum absolute atomic E-state index is 0.122. The van der Waals surface area contributed by atoms with Crippen LogP contribution in [0.25, 0.3) is 16.8 Å². The Kier molecular flexibility index (Phi) is 2.41. The van der Waals surface area contributed by atoms with Crippen molar-refractivity contribution >= 4 is 28.6 Å². The second-order valence-electron chi connectivity index (χ2n) is 4.63. The van der Waals surface area contributed by atoms with E-state index in [1.807, 2.05) is 12.1 Å². The van der Waals surface area contributed by atoms with Crippen LogP contribution in [-0.2, 0) is 11.2 Å². The van der Waals surface area contributed by atoms with E-state index in [4.69, 9.17) is 10.8 Å². The van der Waals surface area contributed by atoms with Crippen molar-refractivity contribution in [2.75, 3.05) is 5.73 Å². The quantitative estimate of drug-likeness (QED) is 0.724. The number of fused-ring (bicyclic) bond motifs is 3. The summed E-state index contributed by atoms with van der Waals surface area (Å²) in [4.78, 5) is 15.1. The fourth-order valence-corrected chi connectivity index (χ4v) is 2.44. The zero-order valence-electron chi connectivity index (χ0n) is 10.00. The molecule has 96 valence electrons. The van der Waals surface area contributed by atoms with Gasteiger partial charge in [-0.2, -0.15) is 0 Å². The average molecular weight is 256 g/mol. The van der Waals surface area contributed by atoms with Crippen LogP contribution < -0.4 is 5.73 Å². The van der Waals surface area contributed by atoms with E-state index in [2.05, 4.69) is 4.98 Å². The van der Waals surface area contributed by atoms with E-state index in [0.717, 1.165) is 21.9 Å². The standard InChI is InChI=1S/C14H12N2O3/c15-13-5-10-8(6-16-13)2-1-7-3-11(14(18)19)12(17)4-9(7)10/h1-2,4-6,11,17H,3H2,(H2,15,16)(H,18,19). The van der Waals surface area contributed by atoms with Crippen LogP contribution in [0.4, 0.5) is 5.82 Å². The molecule has 1 atom stereocenters. The van der Waals surface area contributed by atoms with Gasteiger partial charge in [0.05, 0.1) is 0 Å². The molecule has 2 aromatic rings. The summed E-state index contributed by atoms with van der Waals surface area (Å²) in [6.07, 6.45) is 3.46. The molecule has 0 radical (unpaired) electrons. The van der Waals surface area contributed by atoms with Crippen molar-refractivity contribution in [2.45, 2.75) is 6.42 Å². The molecule has 0 bridgehead atoms. The minimum atomic E-state index is -1.02. The highest BCUT2D eigenvalue weighted by atomic mass is 16.4. The van der Waals surface area contributed by atoms with Crippen LogP contribution in [0.1, 0.15) is 11.1 Å². The van der Waals surface area contributed by atoms with Crippen LogP contribution in [0.15, 0.2) is 30.2 Å². The van der Waals surface area contributed by atoms with Gasteiger partial charge >= 0.3 is 5.97 Å². The molecule has 0 saturated heterocycles. The van der Waals surface area contributed by atoms with Crippen molar-refractivity contribution in [3.63, 3.8) is 0 Å². The second-order valence-corrected chi connectivity index (χ2v) is 4.63. The van der Waals surface area contributed by atoms with Crippen LogP contribution in [0.3, 0.4) is 0 Å². The molecule has 1 heterocycles. The number of aliphatic carboxylic acids is 1. The van der Waals surface area contributed by atoms with Gasteiger partial charge in [0, 0.05) is 11.6 Å². The number of anilines is 1. The smallest absolute Gasteiger partial charge is 0.314 e. The van der Waals surface area contributed by atoms with Crippen LogP contribution in [0, 0.1) is 5.92 Å². The molecule has 4 N–H and O–H groups in total. The number of nitrogen functional groups attached to an aromatic ring is 1. The van der Waals surface area contributed by atoms with Crippen LogP contribution >= 0.6 is 0 Å². The topological polar surface area (TPSA) is 96.4 Å². The molecular formula is C14H12N2O3. The highest BCUT2D eigenvalue weighted by Crippen LogP contribution is 2.33. The molecule has 19 heavy (non-hydrogen) atoms. The Morgan fingerprint density at radius 3 is 2.95 bits per heavy atom. The number of aliphatic hydroxyl groups excluding tert-OH is 1. The molecule has 1 aliphatic rings. The van der Waals surface area contributed by atoms with Gasteiger partial charge in [-0.25, -0.2) is 4.98 Å². The highest BCUT2D eigenvalue weighted by Gasteiger charge is 2.28. The monoisotopic (exact) mass is 256 g/mol. The molecule has 0 saturated carbocycles. The molecule has 1 aliphatic carbocycles. The molecule has 1 aromatic heterocycles. The maximum absolute atomic E-state index is 11.1. The van der Waals surface area contributed by atoms with Crippen LogP contribution in [0.5, 0.6) is 0 Å². The number of pyridine rings is 1. The fourth-order valence-electron chi connectivity index (χ4n) is 2.44. The molecule has 5 nitrogen and oxygen atoms in total. The third-order valence-corrected chi connectivity index (χ3v) is 3.43. The maximum Gasteiger partial charge on any atom is 0.314 e. The van der Waals surface area contributed by atoms with Gasteiger partial charge in [0.25, 0.3) is 0 Å². The maximum atomic E-state index is 11.1. The Hall–Kier alpha value is -2.56. The summed E-state index contributed by atoms with van der Waals surface area (Å²) in [7, 11) is 0. The fraction of sp³-hybridized carbons (Fsp3) is 0.143. The first-order chi connectivity index (χ1) is 9.06. The number of aromatic nitrogens is 1. The molecule has 5 heteroatoms. The van der Waals surface area contributed by atoms with E-state index >= 15 is 0 Å². The molecular weight excluding hydrogens is 244 g/mol. The number of nitrogens with zero attached hydrogens (tertiary/aromatic N) is 1. The molecule has 0 amide bonds. The first kappa shape index (κ1) is 11.5. The number of carboxylic acids is 1. The van der Waals surface area contributed by atoms with Crippen LogP contribution in [0.2, 0.25) is 0 Å². The molecule has 0 aliphatic heterocycles. The van der Waals surface area contributed by atoms with E-state index in [1.54, 1.807) is 12.3 Å². The zero-order chi connectivity index (χ0) is 13.6. The van der Waals surface area contributed by atoms with Crippen molar-refractivity contribution in [1.82, 2.24) is 4.98 Å². The summed E-state index contributed by atoms with van der Waals surface area (Å²) in [5.74, 6) is -1.62. The van der Waals surface area contributed by atoms with E-state index < -0.39 is 11.9 Å². The molecule has 3 rings (SSSR count). The first-order valence-electron chi connectivity index (χ1n) is 5.87. The van der Waals surface area contributed by atoms with Gasteiger partial charge in [0.15, 0.2) is 0 Å². The second kappa shape index (κ2) is 3.98. The van der Waals surface area contributed by atoms with Gasteiger partial charge in [-0.1, -0.05) is 12.1 Å². The van der Waals surface area contributed by atoms with Crippen molar-refractivity contribution in [3.05, 3.63) is 41.3 Å². The van der Waals surface area contributed by atoms with Gasteiger partial charge in [0.2, 0.25) is 0 Å². The predicted molar refractivity (Wildman–Crippen MR) is 71.6 cm³/mol. The van der Waals surface area contributed by atoms with Crippen molar-refractivity contribution in [2.24, 2.45) is 5.92 Å². The normalized spacial score (nSPS) is 17.9. The summed E-state index contributed by atoms with van der Waals surface area (Å²) < 4.78 is 0. The number of carboxylic acid groups (broad SMARTS) is 1. The summed E-state index contributed by atoms with van der Waals surface area (Å²) >= 11 is 0. The Morgan fingerprint density at radius 2 is 2.21 bits per heavy atom. The Bertz CT molecular complexity index is 722. The summed E-state index contributed by atoms with van der Waals surface area (Å²) in [5.41, 5.74) is 7.39. The van der Waals surface area contributed by atoms with Crippen molar-refractivity contribution in [1.29, 1.82) is 0 Å². The number of hydrogen-bond donors (Lipinski definition) is 3. The molecule has 0 spiro atoms. The van der Waals surface area contributed by atoms with Gasteiger partial charge < -0.3 is 15.9 Å². The number of hydrogen-bond acceptors (Lipinski definition) is 4. The molecule has 1 unspecified atom stereocenters.